The van der Waals surface area contributed by atoms with Crippen molar-refractivity contribution in [2.24, 2.45) is 0 Å². The van der Waals surface area contributed by atoms with Crippen molar-refractivity contribution in [3.05, 3.63) is 39.9 Å². The molecule has 1 unspecified atom stereocenters. The average Bonchev–Trinajstić information content (AvgIpc) is 2.46. The van der Waals surface area contributed by atoms with Gasteiger partial charge in [-0.3, -0.25) is 10.1 Å². The molecule has 0 aliphatic carbocycles. The molecule has 0 aromatic heterocycles. The van der Waals surface area contributed by atoms with E-state index in [0.29, 0.717) is 6.61 Å². The molecule has 5 nitrogen and oxygen atoms in total. The second-order valence-corrected chi connectivity index (χ2v) is 4.73. The Morgan fingerprint density at radius 1 is 1.35 bits per heavy atom. The number of non-ortho nitro benzene ring substituents is 1. The van der Waals surface area contributed by atoms with Crippen molar-refractivity contribution in [3.63, 3.8) is 0 Å². The van der Waals surface area contributed by atoms with Crippen LogP contribution in [0.1, 0.15) is 44.7 Å². The lowest BCUT2D eigenvalue weighted by Gasteiger charge is -2.17. The Morgan fingerprint density at radius 2 is 2.15 bits per heavy atom. The van der Waals surface area contributed by atoms with Crippen LogP contribution >= 0.6 is 0 Å². The molecule has 0 saturated heterocycles. The van der Waals surface area contributed by atoms with Crippen LogP contribution < -0.4 is 5.32 Å². The maximum atomic E-state index is 10.8. The van der Waals surface area contributed by atoms with Gasteiger partial charge in [-0.1, -0.05) is 32.4 Å². The zero-order valence-corrected chi connectivity index (χ0v) is 12.3. The van der Waals surface area contributed by atoms with Gasteiger partial charge in [0.1, 0.15) is 0 Å². The molecule has 112 valence electrons. The Bertz CT molecular complexity index is 410. The highest BCUT2D eigenvalue weighted by atomic mass is 16.6. The highest BCUT2D eigenvalue weighted by molar-refractivity contribution is 5.35. The highest BCUT2D eigenvalue weighted by Gasteiger charge is 2.12. The summed E-state index contributed by atoms with van der Waals surface area (Å²) in [4.78, 5) is 10.4. The van der Waals surface area contributed by atoms with Gasteiger partial charge in [-0.2, -0.15) is 0 Å². The standard InChI is InChI=1S/C15H24N2O3/c1-3-5-10-20-11-9-16-15(4-2)13-7-6-8-14(12-13)17(18)19/h6-8,12,15-16H,3-5,9-11H2,1-2H3. The zero-order chi connectivity index (χ0) is 14.8. The van der Waals surface area contributed by atoms with E-state index in [1.807, 2.05) is 6.07 Å². The molecule has 1 atom stereocenters. The lowest BCUT2D eigenvalue weighted by atomic mass is 10.0. The summed E-state index contributed by atoms with van der Waals surface area (Å²) in [6.45, 7) is 6.42. The van der Waals surface area contributed by atoms with Crippen molar-refractivity contribution in [1.29, 1.82) is 0 Å². The first-order chi connectivity index (χ1) is 9.69. The summed E-state index contributed by atoms with van der Waals surface area (Å²) in [7, 11) is 0. The number of nitro benzene ring substituents is 1. The molecule has 0 aliphatic rings. The Labute approximate surface area is 120 Å². The summed E-state index contributed by atoms with van der Waals surface area (Å²) < 4.78 is 5.50. The highest BCUT2D eigenvalue weighted by Crippen LogP contribution is 2.21. The number of hydrogen-bond donors (Lipinski definition) is 1. The number of nitro groups is 1. The summed E-state index contributed by atoms with van der Waals surface area (Å²) in [5.41, 5.74) is 1.09. The second kappa shape index (κ2) is 9.44. The van der Waals surface area contributed by atoms with Crippen molar-refractivity contribution in [1.82, 2.24) is 5.32 Å². The summed E-state index contributed by atoms with van der Waals surface area (Å²) in [5, 5.41) is 14.2. The van der Waals surface area contributed by atoms with Crippen LogP contribution in [0.3, 0.4) is 0 Å². The molecule has 5 heteroatoms. The van der Waals surface area contributed by atoms with Crippen LogP contribution in [0.5, 0.6) is 0 Å². The van der Waals surface area contributed by atoms with Crippen LogP contribution in [0.25, 0.3) is 0 Å². The van der Waals surface area contributed by atoms with Crippen molar-refractivity contribution in [2.75, 3.05) is 19.8 Å². The van der Waals surface area contributed by atoms with E-state index in [9.17, 15) is 10.1 Å². The lowest BCUT2D eigenvalue weighted by Crippen LogP contribution is -2.25. The molecule has 1 rings (SSSR count). The van der Waals surface area contributed by atoms with E-state index < -0.39 is 0 Å². The monoisotopic (exact) mass is 280 g/mol. The SMILES string of the molecule is CCCCOCCNC(CC)c1cccc([N+](=O)[O-])c1. The number of ether oxygens (including phenoxy) is 1. The van der Waals surface area contributed by atoms with Crippen LogP contribution in [0.4, 0.5) is 5.69 Å². The van der Waals surface area contributed by atoms with Crippen molar-refractivity contribution >= 4 is 5.69 Å². The van der Waals surface area contributed by atoms with Gasteiger partial charge in [0.25, 0.3) is 5.69 Å². The van der Waals surface area contributed by atoms with Gasteiger partial charge in [0.2, 0.25) is 0 Å². The second-order valence-electron chi connectivity index (χ2n) is 4.73. The van der Waals surface area contributed by atoms with Crippen LogP contribution in [-0.4, -0.2) is 24.7 Å². The molecule has 0 fully saturated rings. The van der Waals surface area contributed by atoms with Gasteiger partial charge in [-0.05, 0) is 18.4 Å². The summed E-state index contributed by atoms with van der Waals surface area (Å²) >= 11 is 0. The predicted octanol–water partition coefficient (Wildman–Crippen LogP) is 3.45. The fraction of sp³-hybridized carbons (Fsp3) is 0.600. The molecule has 1 aromatic rings. The van der Waals surface area contributed by atoms with Gasteiger partial charge in [0, 0.05) is 31.3 Å². The summed E-state index contributed by atoms with van der Waals surface area (Å²) in [6.07, 6.45) is 3.11. The maximum absolute atomic E-state index is 10.8. The minimum atomic E-state index is -0.357. The van der Waals surface area contributed by atoms with Crippen LogP contribution in [-0.2, 0) is 4.74 Å². The normalized spacial score (nSPS) is 12.3. The molecule has 0 heterocycles. The smallest absolute Gasteiger partial charge is 0.269 e. The largest absolute Gasteiger partial charge is 0.380 e. The first-order valence-electron chi connectivity index (χ1n) is 7.24. The van der Waals surface area contributed by atoms with Crippen molar-refractivity contribution in [2.45, 2.75) is 39.2 Å². The maximum Gasteiger partial charge on any atom is 0.269 e. The average molecular weight is 280 g/mol. The van der Waals surface area contributed by atoms with E-state index in [0.717, 1.165) is 38.0 Å². The molecule has 0 radical (unpaired) electrons. The predicted molar refractivity (Wildman–Crippen MR) is 79.9 cm³/mol. The van der Waals surface area contributed by atoms with E-state index >= 15 is 0 Å². The molecule has 20 heavy (non-hydrogen) atoms. The fourth-order valence-corrected chi connectivity index (χ4v) is 2.01. The van der Waals surface area contributed by atoms with Crippen LogP contribution in [0.2, 0.25) is 0 Å². The molecule has 1 N–H and O–H groups in total. The molecule has 0 spiro atoms. The third-order valence-corrected chi connectivity index (χ3v) is 3.17. The quantitative estimate of drug-likeness (QED) is 0.405. The minimum Gasteiger partial charge on any atom is -0.380 e. The number of unbranched alkanes of at least 4 members (excludes halogenated alkanes) is 1. The lowest BCUT2D eigenvalue weighted by molar-refractivity contribution is -0.384. The zero-order valence-electron chi connectivity index (χ0n) is 12.3. The van der Waals surface area contributed by atoms with E-state index in [-0.39, 0.29) is 16.7 Å². The number of rotatable bonds is 10. The Kier molecular flexibility index (Phi) is 7.84. The summed E-state index contributed by atoms with van der Waals surface area (Å²) in [5.74, 6) is 0. The van der Waals surface area contributed by atoms with Crippen LogP contribution in [0.15, 0.2) is 24.3 Å². The minimum absolute atomic E-state index is 0.129. The van der Waals surface area contributed by atoms with Gasteiger partial charge in [-0.15, -0.1) is 0 Å². The van der Waals surface area contributed by atoms with Crippen molar-refractivity contribution in [3.8, 4) is 0 Å². The number of hydrogen-bond acceptors (Lipinski definition) is 4. The Morgan fingerprint density at radius 3 is 2.80 bits per heavy atom. The first-order valence-corrected chi connectivity index (χ1v) is 7.24. The number of nitrogens with zero attached hydrogens (tertiary/aromatic N) is 1. The fourth-order valence-electron chi connectivity index (χ4n) is 2.01. The third-order valence-electron chi connectivity index (χ3n) is 3.17. The van der Waals surface area contributed by atoms with Gasteiger partial charge < -0.3 is 10.1 Å². The van der Waals surface area contributed by atoms with E-state index in [1.54, 1.807) is 12.1 Å². The van der Waals surface area contributed by atoms with E-state index in [4.69, 9.17) is 4.74 Å². The Hall–Kier alpha value is -1.46. The molecular formula is C15H24N2O3. The molecular weight excluding hydrogens is 256 g/mol. The van der Waals surface area contributed by atoms with E-state index in [1.165, 1.54) is 6.07 Å². The van der Waals surface area contributed by atoms with Crippen molar-refractivity contribution < 1.29 is 9.66 Å². The molecule has 0 amide bonds. The van der Waals surface area contributed by atoms with E-state index in [2.05, 4.69) is 19.2 Å². The van der Waals surface area contributed by atoms with Gasteiger partial charge in [0.05, 0.1) is 11.5 Å². The van der Waals surface area contributed by atoms with Gasteiger partial charge in [0.15, 0.2) is 0 Å². The van der Waals surface area contributed by atoms with Gasteiger partial charge in [-0.25, -0.2) is 0 Å². The molecule has 1 aromatic carbocycles. The summed E-state index contributed by atoms with van der Waals surface area (Å²) in [6, 6.07) is 6.94. The first kappa shape index (κ1) is 16.6. The molecule has 0 bridgehead atoms. The topological polar surface area (TPSA) is 64.4 Å². The molecule has 0 saturated carbocycles. The third kappa shape index (κ3) is 5.67. The number of benzene rings is 1. The number of nitrogens with one attached hydrogen (secondary N) is 1. The molecule has 0 aliphatic heterocycles. The van der Waals surface area contributed by atoms with Crippen LogP contribution in [0, 0.1) is 10.1 Å². The van der Waals surface area contributed by atoms with Gasteiger partial charge >= 0.3 is 0 Å². The Balaban J connectivity index is 2.45.